The first-order valence-corrected chi connectivity index (χ1v) is 11.9. The number of para-hydroxylation sites is 1. The van der Waals surface area contributed by atoms with Gasteiger partial charge in [-0.15, -0.1) is 21.5 Å². The second kappa shape index (κ2) is 8.80. The second-order valence-electron chi connectivity index (χ2n) is 7.65. The Labute approximate surface area is 198 Å². The molecule has 13 heteroatoms. The maximum Gasteiger partial charge on any atom is 0.445 e. The van der Waals surface area contributed by atoms with Gasteiger partial charge in [0.25, 0.3) is 11.8 Å². The number of rotatable bonds is 4. The van der Waals surface area contributed by atoms with Crippen LogP contribution in [0.2, 0.25) is 0 Å². The zero-order valence-electron chi connectivity index (χ0n) is 17.3. The van der Waals surface area contributed by atoms with Gasteiger partial charge in [-0.05, 0) is 25.0 Å². The number of aromatic nitrogens is 3. The van der Waals surface area contributed by atoms with Crippen LogP contribution in [0.4, 0.5) is 18.3 Å². The molecule has 176 valence electrons. The molecule has 0 radical (unpaired) electrons. The number of furan rings is 1. The normalized spacial score (nSPS) is 15.1. The highest BCUT2D eigenvalue weighted by molar-refractivity contribution is 7.15. The molecule has 0 saturated carbocycles. The third-order valence-electron chi connectivity index (χ3n) is 5.41. The quantitative estimate of drug-likeness (QED) is 0.416. The highest BCUT2D eigenvalue weighted by Gasteiger charge is 2.36. The first-order valence-electron chi connectivity index (χ1n) is 10.2. The predicted molar refractivity (Wildman–Crippen MR) is 119 cm³/mol. The number of carbonyl (C=O) groups is 2. The van der Waals surface area contributed by atoms with E-state index in [1.807, 2.05) is 24.3 Å². The van der Waals surface area contributed by atoms with Crippen LogP contribution in [0.1, 0.15) is 49.8 Å². The molecule has 1 aromatic carbocycles. The number of amides is 2. The van der Waals surface area contributed by atoms with Gasteiger partial charge in [0.15, 0.2) is 5.76 Å². The first-order chi connectivity index (χ1) is 16.3. The molecule has 0 atom stereocenters. The molecule has 0 spiro atoms. The molecule has 1 fully saturated rings. The Morgan fingerprint density at radius 2 is 1.91 bits per heavy atom. The van der Waals surface area contributed by atoms with Gasteiger partial charge in [-0.3, -0.25) is 14.9 Å². The molecule has 1 aliphatic heterocycles. The molecule has 0 aliphatic carbocycles. The van der Waals surface area contributed by atoms with Crippen LogP contribution in [0.5, 0.6) is 0 Å². The Morgan fingerprint density at radius 1 is 1.15 bits per heavy atom. The lowest BCUT2D eigenvalue weighted by molar-refractivity contribution is -0.138. The number of anilines is 1. The molecule has 1 aliphatic rings. The molecule has 1 saturated heterocycles. The van der Waals surface area contributed by atoms with E-state index in [4.69, 9.17) is 4.42 Å². The van der Waals surface area contributed by atoms with Crippen molar-refractivity contribution in [1.82, 2.24) is 20.1 Å². The van der Waals surface area contributed by atoms with Crippen LogP contribution in [0.3, 0.4) is 0 Å². The summed E-state index contributed by atoms with van der Waals surface area (Å²) in [6.07, 6.45) is -3.27. The molecule has 5 rings (SSSR count). The van der Waals surface area contributed by atoms with Crippen LogP contribution < -0.4 is 5.32 Å². The lowest BCUT2D eigenvalue weighted by Crippen LogP contribution is -2.37. The summed E-state index contributed by atoms with van der Waals surface area (Å²) in [4.78, 5) is 31.3. The second-order valence-corrected chi connectivity index (χ2v) is 9.52. The molecule has 2 amide bonds. The number of fused-ring (bicyclic) bond motifs is 1. The van der Waals surface area contributed by atoms with Crippen molar-refractivity contribution in [2.45, 2.75) is 24.9 Å². The van der Waals surface area contributed by atoms with Crippen molar-refractivity contribution in [3.63, 3.8) is 0 Å². The fourth-order valence-corrected chi connectivity index (χ4v) is 5.28. The van der Waals surface area contributed by atoms with E-state index in [-0.39, 0.29) is 34.0 Å². The zero-order valence-corrected chi connectivity index (χ0v) is 19.0. The number of alkyl halides is 3. The van der Waals surface area contributed by atoms with Gasteiger partial charge < -0.3 is 9.32 Å². The van der Waals surface area contributed by atoms with Crippen LogP contribution in [0.25, 0.3) is 11.0 Å². The average Bonchev–Trinajstić information content (AvgIpc) is 3.57. The summed E-state index contributed by atoms with van der Waals surface area (Å²) in [5, 5.41) is 10.5. The molecule has 4 aromatic rings. The van der Waals surface area contributed by atoms with Crippen molar-refractivity contribution in [2.75, 3.05) is 18.4 Å². The van der Waals surface area contributed by atoms with E-state index in [1.165, 1.54) is 11.3 Å². The number of thiazole rings is 1. The number of hydrogen-bond donors (Lipinski definition) is 1. The predicted octanol–water partition coefficient (Wildman–Crippen LogP) is 5.03. The standard InChI is InChI=1S/C21H16F3N5O3S2/c22-21(23,24)19-27-28-20(34-19)26-16(30)13-10-33-17(25-13)11-5-7-29(8-6-11)18(31)15-9-12-3-1-2-4-14(12)32-15/h1-4,9-11H,5-8H2,(H,26,28,30). The number of carbonyl (C=O) groups excluding carboxylic acids is 2. The number of piperidine rings is 1. The third-order valence-corrected chi connectivity index (χ3v) is 7.30. The summed E-state index contributed by atoms with van der Waals surface area (Å²) < 4.78 is 43.6. The molecule has 8 nitrogen and oxygen atoms in total. The Morgan fingerprint density at radius 3 is 2.62 bits per heavy atom. The number of likely N-dealkylation sites (tertiary alicyclic amines) is 1. The molecule has 34 heavy (non-hydrogen) atoms. The fourth-order valence-electron chi connectivity index (χ4n) is 3.70. The van der Waals surface area contributed by atoms with Gasteiger partial charge >= 0.3 is 6.18 Å². The zero-order chi connectivity index (χ0) is 23.9. The number of hydrogen-bond acceptors (Lipinski definition) is 8. The number of nitrogens with one attached hydrogen (secondary N) is 1. The highest BCUT2D eigenvalue weighted by atomic mass is 32.1. The van der Waals surface area contributed by atoms with Crippen molar-refractivity contribution >= 4 is 50.6 Å². The number of benzene rings is 1. The summed E-state index contributed by atoms with van der Waals surface area (Å²) in [5.41, 5.74) is 0.766. The van der Waals surface area contributed by atoms with E-state index in [2.05, 4.69) is 20.5 Å². The summed E-state index contributed by atoms with van der Waals surface area (Å²) in [6.45, 7) is 1.04. The van der Waals surface area contributed by atoms with Crippen LogP contribution >= 0.6 is 22.7 Å². The van der Waals surface area contributed by atoms with Crippen LogP contribution in [0.15, 0.2) is 40.1 Å². The smallest absolute Gasteiger partial charge is 0.445 e. The van der Waals surface area contributed by atoms with Crippen molar-refractivity contribution in [2.24, 2.45) is 0 Å². The lowest BCUT2D eigenvalue weighted by Gasteiger charge is -2.30. The Kier molecular flexibility index (Phi) is 5.81. The minimum absolute atomic E-state index is 0.0737. The maximum absolute atomic E-state index is 12.8. The molecule has 3 aromatic heterocycles. The number of nitrogens with zero attached hydrogens (tertiary/aromatic N) is 4. The fraction of sp³-hybridized carbons (Fsp3) is 0.286. The van der Waals surface area contributed by atoms with Gasteiger partial charge in [-0.25, -0.2) is 4.98 Å². The van der Waals surface area contributed by atoms with E-state index >= 15 is 0 Å². The summed E-state index contributed by atoms with van der Waals surface area (Å²) in [7, 11) is 0. The maximum atomic E-state index is 12.8. The molecular formula is C21H16F3N5O3S2. The van der Waals surface area contributed by atoms with Crippen molar-refractivity contribution in [3.8, 4) is 0 Å². The third kappa shape index (κ3) is 4.53. The van der Waals surface area contributed by atoms with Crippen molar-refractivity contribution in [3.05, 3.63) is 57.2 Å². The van der Waals surface area contributed by atoms with E-state index in [1.54, 1.807) is 16.3 Å². The first kappa shape index (κ1) is 22.5. The molecule has 1 N–H and O–H groups in total. The van der Waals surface area contributed by atoms with Crippen molar-refractivity contribution < 1.29 is 27.2 Å². The van der Waals surface area contributed by atoms with Gasteiger partial charge in [0.2, 0.25) is 10.1 Å². The van der Waals surface area contributed by atoms with Gasteiger partial charge in [-0.1, -0.05) is 29.5 Å². The van der Waals surface area contributed by atoms with E-state index in [0.29, 0.717) is 37.3 Å². The minimum atomic E-state index is -4.62. The average molecular weight is 508 g/mol. The highest BCUT2D eigenvalue weighted by Crippen LogP contribution is 2.34. The Hall–Kier alpha value is -3.32. The molecular weight excluding hydrogens is 491 g/mol. The van der Waals surface area contributed by atoms with Gasteiger partial charge in [0, 0.05) is 29.8 Å². The molecule has 4 heterocycles. The number of halogens is 3. The topological polar surface area (TPSA) is 101 Å². The van der Waals surface area contributed by atoms with Crippen LogP contribution in [-0.2, 0) is 6.18 Å². The Balaban J connectivity index is 1.19. The van der Waals surface area contributed by atoms with Crippen LogP contribution in [-0.4, -0.2) is 45.0 Å². The SMILES string of the molecule is O=C(Nc1nnc(C(F)(F)F)s1)c1csc(C2CCN(C(=O)c3cc4ccccc4o3)CC2)n1. The largest absolute Gasteiger partial charge is 0.451 e. The Bertz CT molecular complexity index is 1320. The van der Waals surface area contributed by atoms with Gasteiger partial charge in [-0.2, -0.15) is 13.2 Å². The van der Waals surface area contributed by atoms with Gasteiger partial charge in [0.1, 0.15) is 11.3 Å². The van der Waals surface area contributed by atoms with Crippen LogP contribution in [0, 0.1) is 0 Å². The lowest BCUT2D eigenvalue weighted by atomic mass is 9.97. The minimum Gasteiger partial charge on any atom is -0.451 e. The summed E-state index contributed by atoms with van der Waals surface area (Å²) in [5.74, 6) is -0.433. The summed E-state index contributed by atoms with van der Waals surface area (Å²) in [6, 6.07) is 9.17. The monoisotopic (exact) mass is 507 g/mol. The molecule has 0 bridgehead atoms. The van der Waals surface area contributed by atoms with E-state index < -0.39 is 17.1 Å². The molecule has 0 unspecified atom stereocenters. The van der Waals surface area contributed by atoms with E-state index in [9.17, 15) is 22.8 Å². The van der Waals surface area contributed by atoms with E-state index in [0.717, 1.165) is 10.4 Å². The van der Waals surface area contributed by atoms with Crippen molar-refractivity contribution in [1.29, 1.82) is 0 Å². The van der Waals surface area contributed by atoms with Gasteiger partial charge in [0.05, 0.1) is 5.01 Å². The summed E-state index contributed by atoms with van der Waals surface area (Å²) >= 11 is 1.56.